The number of nitrogens with one attached hydrogen (secondary N) is 1. The van der Waals surface area contributed by atoms with Crippen LogP contribution in [0.2, 0.25) is 0 Å². The van der Waals surface area contributed by atoms with Crippen LogP contribution in [0.25, 0.3) is 11.3 Å². The van der Waals surface area contributed by atoms with E-state index in [0.717, 1.165) is 43.7 Å². The van der Waals surface area contributed by atoms with E-state index in [1.807, 2.05) is 24.3 Å². The minimum absolute atomic E-state index is 0.0833. The molecule has 1 aromatic heterocycles. The van der Waals surface area contributed by atoms with Crippen LogP contribution in [-0.4, -0.2) is 42.4 Å². The number of aromatic carboxylic acids is 1. The number of carboxylic acid groups (broad SMARTS) is 1. The van der Waals surface area contributed by atoms with Crippen molar-refractivity contribution < 1.29 is 14.4 Å². The van der Waals surface area contributed by atoms with Gasteiger partial charge in [0.05, 0.1) is 0 Å². The van der Waals surface area contributed by atoms with Crippen molar-refractivity contribution in [2.24, 2.45) is 0 Å². The van der Waals surface area contributed by atoms with Crippen LogP contribution >= 0.6 is 0 Å². The second-order valence-electron chi connectivity index (χ2n) is 4.67. The van der Waals surface area contributed by atoms with Crippen molar-refractivity contribution in [2.45, 2.75) is 0 Å². The maximum Gasteiger partial charge on any atom is 0.341 e. The fourth-order valence-corrected chi connectivity index (χ4v) is 2.35. The van der Waals surface area contributed by atoms with E-state index < -0.39 is 5.97 Å². The van der Waals surface area contributed by atoms with Crippen LogP contribution in [0.5, 0.6) is 0 Å². The van der Waals surface area contributed by atoms with Crippen LogP contribution in [0.1, 0.15) is 10.4 Å². The van der Waals surface area contributed by atoms with Gasteiger partial charge >= 0.3 is 5.97 Å². The summed E-state index contributed by atoms with van der Waals surface area (Å²) in [6, 6.07) is 7.73. The summed E-state index contributed by atoms with van der Waals surface area (Å²) in [5.74, 6) is -1.03. The summed E-state index contributed by atoms with van der Waals surface area (Å²) < 4.78 is 4.76. The van der Waals surface area contributed by atoms with Crippen molar-refractivity contribution >= 4 is 11.7 Å². The fourth-order valence-electron chi connectivity index (χ4n) is 2.35. The van der Waals surface area contributed by atoms with Crippen molar-refractivity contribution in [3.63, 3.8) is 0 Å². The summed E-state index contributed by atoms with van der Waals surface area (Å²) in [5.41, 5.74) is 2.33. The molecule has 2 aromatic rings. The standard InChI is InChI=1S/C14H15N3O3/c18-14(19)12-9-20-16-13(12)10-1-3-11(4-2-10)17-7-5-15-6-8-17/h1-4,9,15H,5-8H2,(H,18,19). The van der Waals surface area contributed by atoms with E-state index in [2.05, 4.69) is 15.4 Å². The molecule has 0 amide bonds. The highest BCUT2D eigenvalue weighted by molar-refractivity contribution is 5.94. The number of nitrogens with zero attached hydrogens (tertiary/aromatic N) is 2. The normalized spacial score (nSPS) is 15.3. The number of rotatable bonds is 3. The highest BCUT2D eigenvalue weighted by atomic mass is 16.5. The molecular weight excluding hydrogens is 258 g/mol. The molecule has 104 valence electrons. The van der Waals surface area contributed by atoms with Crippen LogP contribution in [0.15, 0.2) is 35.1 Å². The molecule has 3 rings (SSSR count). The van der Waals surface area contributed by atoms with Crippen LogP contribution < -0.4 is 10.2 Å². The number of benzene rings is 1. The van der Waals surface area contributed by atoms with Gasteiger partial charge in [-0.05, 0) is 12.1 Å². The Labute approximate surface area is 116 Å². The second kappa shape index (κ2) is 5.34. The third-order valence-electron chi connectivity index (χ3n) is 3.42. The topological polar surface area (TPSA) is 78.6 Å². The average Bonchev–Trinajstić information content (AvgIpc) is 2.98. The van der Waals surface area contributed by atoms with Crippen LogP contribution in [0.3, 0.4) is 0 Å². The first kappa shape index (κ1) is 12.7. The van der Waals surface area contributed by atoms with E-state index in [1.165, 1.54) is 0 Å². The Morgan fingerprint density at radius 3 is 2.60 bits per heavy atom. The molecule has 1 fully saturated rings. The van der Waals surface area contributed by atoms with Crippen LogP contribution in [0.4, 0.5) is 5.69 Å². The van der Waals surface area contributed by atoms with Gasteiger partial charge < -0.3 is 19.8 Å². The van der Waals surface area contributed by atoms with E-state index in [4.69, 9.17) is 9.63 Å². The van der Waals surface area contributed by atoms with E-state index in [-0.39, 0.29) is 5.56 Å². The zero-order valence-corrected chi connectivity index (χ0v) is 10.9. The Hall–Kier alpha value is -2.34. The number of anilines is 1. The van der Waals surface area contributed by atoms with Gasteiger partial charge in [-0.3, -0.25) is 0 Å². The quantitative estimate of drug-likeness (QED) is 0.881. The molecule has 1 aliphatic rings. The molecule has 20 heavy (non-hydrogen) atoms. The van der Waals surface area contributed by atoms with Crippen molar-refractivity contribution in [2.75, 3.05) is 31.1 Å². The molecule has 0 unspecified atom stereocenters. The molecule has 0 spiro atoms. The molecule has 0 saturated carbocycles. The van der Waals surface area contributed by atoms with Gasteiger partial charge in [0.15, 0.2) is 0 Å². The number of aromatic nitrogens is 1. The number of piperazine rings is 1. The lowest BCUT2D eigenvalue weighted by Crippen LogP contribution is -2.43. The van der Waals surface area contributed by atoms with Crippen molar-refractivity contribution in [1.29, 1.82) is 0 Å². The van der Waals surface area contributed by atoms with Gasteiger partial charge in [-0.25, -0.2) is 4.79 Å². The predicted octanol–water partition coefficient (Wildman–Crippen LogP) is 1.45. The van der Waals surface area contributed by atoms with Gasteiger partial charge in [0.2, 0.25) is 0 Å². The van der Waals surface area contributed by atoms with E-state index in [1.54, 1.807) is 0 Å². The minimum Gasteiger partial charge on any atom is -0.477 e. The lowest BCUT2D eigenvalue weighted by atomic mass is 10.1. The molecule has 0 bridgehead atoms. The minimum atomic E-state index is -1.03. The first-order valence-electron chi connectivity index (χ1n) is 6.49. The van der Waals surface area contributed by atoms with Gasteiger partial charge in [-0.2, -0.15) is 0 Å². The fraction of sp³-hybridized carbons (Fsp3) is 0.286. The van der Waals surface area contributed by atoms with Crippen molar-refractivity contribution in [1.82, 2.24) is 10.5 Å². The Balaban J connectivity index is 1.85. The van der Waals surface area contributed by atoms with Crippen molar-refractivity contribution in [3.8, 4) is 11.3 Å². The molecule has 0 radical (unpaired) electrons. The molecule has 1 aromatic carbocycles. The van der Waals surface area contributed by atoms with Gasteiger partial charge in [-0.1, -0.05) is 17.3 Å². The second-order valence-corrected chi connectivity index (χ2v) is 4.67. The van der Waals surface area contributed by atoms with Gasteiger partial charge in [-0.15, -0.1) is 0 Å². The molecule has 0 aliphatic carbocycles. The van der Waals surface area contributed by atoms with Crippen molar-refractivity contribution in [3.05, 3.63) is 36.1 Å². The lowest BCUT2D eigenvalue weighted by Gasteiger charge is -2.29. The molecule has 2 heterocycles. The monoisotopic (exact) mass is 273 g/mol. The predicted molar refractivity (Wildman–Crippen MR) is 74.0 cm³/mol. The molecule has 6 heteroatoms. The van der Waals surface area contributed by atoms with E-state index >= 15 is 0 Å². The smallest absolute Gasteiger partial charge is 0.341 e. The SMILES string of the molecule is O=C(O)c1conc1-c1ccc(N2CCNCC2)cc1. The third kappa shape index (κ3) is 2.37. The zero-order valence-electron chi connectivity index (χ0n) is 10.9. The molecular formula is C14H15N3O3. The molecule has 2 N–H and O–H groups in total. The summed E-state index contributed by atoms with van der Waals surface area (Å²) >= 11 is 0. The largest absolute Gasteiger partial charge is 0.477 e. The molecule has 1 aliphatic heterocycles. The van der Waals surface area contributed by atoms with Gasteiger partial charge in [0.1, 0.15) is 17.5 Å². The van der Waals surface area contributed by atoms with Gasteiger partial charge in [0.25, 0.3) is 0 Å². The summed E-state index contributed by atoms with van der Waals surface area (Å²) in [7, 11) is 0. The Bertz CT molecular complexity index is 600. The number of hydrogen-bond acceptors (Lipinski definition) is 5. The number of carbonyl (C=O) groups is 1. The Morgan fingerprint density at radius 2 is 1.95 bits per heavy atom. The van der Waals surface area contributed by atoms with Crippen LogP contribution in [0, 0.1) is 0 Å². The summed E-state index contributed by atoms with van der Waals surface area (Å²) in [6.07, 6.45) is 1.15. The maximum atomic E-state index is 11.1. The Morgan fingerprint density at radius 1 is 1.25 bits per heavy atom. The summed E-state index contributed by atoms with van der Waals surface area (Å²) in [5, 5.41) is 16.1. The first-order valence-corrected chi connectivity index (χ1v) is 6.49. The number of carboxylic acids is 1. The summed E-state index contributed by atoms with van der Waals surface area (Å²) in [6.45, 7) is 3.91. The number of hydrogen-bond donors (Lipinski definition) is 2. The zero-order chi connectivity index (χ0) is 13.9. The first-order chi connectivity index (χ1) is 9.75. The van der Waals surface area contributed by atoms with Crippen LogP contribution in [-0.2, 0) is 0 Å². The summed E-state index contributed by atoms with van der Waals surface area (Å²) in [4.78, 5) is 13.3. The molecule has 0 atom stereocenters. The third-order valence-corrected chi connectivity index (χ3v) is 3.42. The van der Waals surface area contributed by atoms with Gasteiger partial charge in [0, 0.05) is 37.4 Å². The van der Waals surface area contributed by atoms with E-state index in [9.17, 15) is 4.79 Å². The Kier molecular flexibility index (Phi) is 3.39. The molecule has 1 saturated heterocycles. The highest BCUT2D eigenvalue weighted by Crippen LogP contribution is 2.25. The average molecular weight is 273 g/mol. The van der Waals surface area contributed by atoms with E-state index in [0.29, 0.717) is 5.69 Å². The molecule has 6 nitrogen and oxygen atoms in total. The lowest BCUT2D eigenvalue weighted by molar-refractivity contribution is 0.0697. The maximum absolute atomic E-state index is 11.1. The highest BCUT2D eigenvalue weighted by Gasteiger charge is 2.17.